The van der Waals surface area contributed by atoms with E-state index < -0.39 is 0 Å². The van der Waals surface area contributed by atoms with Crippen LogP contribution in [0.5, 0.6) is 0 Å². The number of carbonyl (C=O) groups excluding carboxylic acids is 1. The highest BCUT2D eigenvalue weighted by Gasteiger charge is 2.24. The molecule has 1 aliphatic heterocycles. The van der Waals surface area contributed by atoms with Crippen molar-refractivity contribution in [3.63, 3.8) is 0 Å². The van der Waals surface area contributed by atoms with Gasteiger partial charge in [0.15, 0.2) is 5.78 Å². The van der Waals surface area contributed by atoms with Gasteiger partial charge in [-0.1, -0.05) is 36.1 Å². The fraction of sp³-hybridized carbons (Fsp3) is 0.300. The van der Waals surface area contributed by atoms with Crippen molar-refractivity contribution in [2.24, 2.45) is 5.92 Å². The van der Waals surface area contributed by atoms with Crippen molar-refractivity contribution in [2.45, 2.75) is 13.3 Å². The molecule has 1 aliphatic carbocycles. The van der Waals surface area contributed by atoms with Gasteiger partial charge < -0.3 is 0 Å². The molecule has 2 heteroatoms. The van der Waals surface area contributed by atoms with Gasteiger partial charge >= 0.3 is 0 Å². The molecule has 0 aromatic heterocycles. The highest BCUT2D eigenvalue weighted by molar-refractivity contribution is 8.07. The Balaban J connectivity index is 2.24. The molecule has 2 aliphatic rings. The second-order valence-electron chi connectivity index (χ2n) is 3.03. The first-order valence-electron chi connectivity index (χ1n) is 4.04. The Morgan fingerprint density at radius 1 is 1.67 bits per heavy atom. The van der Waals surface area contributed by atoms with E-state index in [0.29, 0.717) is 5.92 Å². The lowest BCUT2D eigenvalue weighted by molar-refractivity contribution is -0.112. The molecule has 0 saturated carbocycles. The summed E-state index contributed by atoms with van der Waals surface area (Å²) in [5.41, 5.74) is 0. The van der Waals surface area contributed by atoms with Crippen LogP contribution in [-0.2, 0) is 4.79 Å². The van der Waals surface area contributed by atoms with Crippen LogP contribution in [0.15, 0.2) is 34.1 Å². The van der Waals surface area contributed by atoms with E-state index in [4.69, 9.17) is 0 Å². The smallest absolute Gasteiger partial charge is 0.166 e. The highest BCUT2D eigenvalue weighted by atomic mass is 32.2. The van der Waals surface area contributed by atoms with Crippen LogP contribution < -0.4 is 0 Å². The molecule has 0 saturated heterocycles. The van der Waals surface area contributed by atoms with Crippen LogP contribution in [0.2, 0.25) is 0 Å². The first-order valence-corrected chi connectivity index (χ1v) is 4.86. The molecule has 0 bridgehead atoms. The van der Waals surface area contributed by atoms with Crippen molar-refractivity contribution >= 4 is 17.5 Å². The van der Waals surface area contributed by atoms with Gasteiger partial charge in [-0.25, -0.2) is 0 Å². The number of fused-ring (bicyclic) bond motifs is 1. The SMILES string of the molecule is CC(=O)C1=CC2CC=CC=C2S1. The zero-order valence-electron chi connectivity index (χ0n) is 6.91. The summed E-state index contributed by atoms with van der Waals surface area (Å²) in [4.78, 5) is 13.3. The Kier molecular flexibility index (Phi) is 1.93. The van der Waals surface area contributed by atoms with Crippen molar-refractivity contribution in [2.75, 3.05) is 0 Å². The third kappa shape index (κ3) is 1.27. The summed E-state index contributed by atoms with van der Waals surface area (Å²) < 4.78 is 0. The molecule has 1 nitrogen and oxygen atoms in total. The lowest BCUT2D eigenvalue weighted by Crippen LogP contribution is -1.94. The van der Waals surface area contributed by atoms with Crippen LogP contribution >= 0.6 is 11.8 Å². The highest BCUT2D eigenvalue weighted by Crippen LogP contribution is 2.43. The third-order valence-electron chi connectivity index (χ3n) is 2.08. The van der Waals surface area contributed by atoms with Crippen molar-refractivity contribution in [3.8, 4) is 0 Å². The Morgan fingerprint density at radius 3 is 3.17 bits per heavy atom. The number of rotatable bonds is 1. The summed E-state index contributed by atoms with van der Waals surface area (Å²) in [7, 11) is 0. The fourth-order valence-electron chi connectivity index (χ4n) is 1.42. The number of Topliss-reactive ketones (excluding diaryl/α,β-unsaturated/α-hetero) is 1. The fourth-order valence-corrected chi connectivity index (χ4v) is 2.51. The Morgan fingerprint density at radius 2 is 2.50 bits per heavy atom. The third-order valence-corrected chi connectivity index (χ3v) is 3.40. The maximum Gasteiger partial charge on any atom is 0.166 e. The van der Waals surface area contributed by atoms with Crippen molar-refractivity contribution < 1.29 is 4.79 Å². The van der Waals surface area contributed by atoms with E-state index in [-0.39, 0.29) is 5.78 Å². The van der Waals surface area contributed by atoms with Crippen molar-refractivity contribution in [1.29, 1.82) is 0 Å². The average molecular weight is 178 g/mol. The van der Waals surface area contributed by atoms with Gasteiger partial charge in [0.05, 0.1) is 4.91 Å². The first kappa shape index (κ1) is 7.87. The molecule has 0 fully saturated rings. The Hall–Kier alpha value is -0.760. The predicted molar refractivity (Wildman–Crippen MR) is 51.7 cm³/mol. The minimum atomic E-state index is 0.190. The van der Waals surface area contributed by atoms with Gasteiger partial charge in [0, 0.05) is 5.92 Å². The minimum Gasteiger partial charge on any atom is -0.294 e. The molecule has 1 unspecified atom stereocenters. The topological polar surface area (TPSA) is 17.1 Å². The van der Waals surface area contributed by atoms with Gasteiger partial charge in [0.1, 0.15) is 0 Å². The van der Waals surface area contributed by atoms with Gasteiger partial charge in [0.2, 0.25) is 0 Å². The molecule has 0 amide bonds. The summed E-state index contributed by atoms with van der Waals surface area (Å²) in [6, 6.07) is 0. The normalized spacial score (nSPS) is 26.2. The molecule has 12 heavy (non-hydrogen) atoms. The maximum atomic E-state index is 11.1. The van der Waals surface area contributed by atoms with Crippen molar-refractivity contribution in [1.82, 2.24) is 0 Å². The van der Waals surface area contributed by atoms with E-state index in [0.717, 1.165) is 11.3 Å². The number of thioether (sulfide) groups is 1. The second-order valence-corrected chi connectivity index (χ2v) is 4.14. The molecular weight excluding hydrogens is 168 g/mol. The molecule has 1 atom stereocenters. The predicted octanol–water partition coefficient (Wildman–Crippen LogP) is 2.67. The van der Waals surface area contributed by atoms with E-state index in [1.807, 2.05) is 0 Å². The molecule has 2 rings (SSSR count). The number of hydrogen-bond acceptors (Lipinski definition) is 2. The minimum absolute atomic E-state index is 0.190. The molecule has 1 heterocycles. The van der Waals surface area contributed by atoms with Gasteiger partial charge in [-0.05, 0) is 18.2 Å². The van der Waals surface area contributed by atoms with Crippen LogP contribution in [0.25, 0.3) is 0 Å². The van der Waals surface area contributed by atoms with E-state index in [1.165, 1.54) is 4.91 Å². The zero-order chi connectivity index (χ0) is 8.55. The number of carbonyl (C=O) groups is 1. The van der Waals surface area contributed by atoms with Crippen LogP contribution in [0.3, 0.4) is 0 Å². The average Bonchev–Trinajstić information content (AvgIpc) is 2.46. The Bertz CT molecular complexity index is 310. The van der Waals surface area contributed by atoms with Crippen LogP contribution in [0.1, 0.15) is 13.3 Å². The number of hydrogen-bond donors (Lipinski definition) is 0. The molecule has 0 radical (unpaired) electrons. The summed E-state index contributed by atoms with van der Waals surface area (Å²) in [6.07, 6.45) is 9.45. The van der Waals surface area contributed by atoms with Gasteiger partial charge in [-0.2, -0.15) is 0 Å². The molecular formula is C10H10OS. The second kappa shape index (κ2) is 2.94. The van der Waals surface area contributed by atoms with E-state index in [1.54, 1.807) is 18.7 Å². The van der Waals surface area contributed by atoms with Crippen molar-refractivity contribution in [3.05, 3.63) is 34.1 Å². The Labute approximate surface area is 76.2 Å². The van der Waals surface area contributed by atoms with E-state index in [2.05, 4.69) is 24.3 Å². The maximum absolute atomic E-state index is 11.1. The van der Waals surface area contributed by atoms with Gasteiger partial charge in [-0.3, -0.25) is 4.79 Å². The largest absolute Gasteiger partial charge is 0.294 e. The first-order chi connectivity index (χ1) is 5.77. The van der Waals surface area contributed by atoms with Gasteiger partial charge in [-0.15, -0.1) is 0 Å². The lowest BCUT2D eigenvalue weighted by atomic mass is 10.0. The summed E-state index contributed by atoms with van der Waals surface area (Å²) >= 11 is 1.62. The van der Waals surface area contributed by atoms with E-state index >= 15 is 0 Å². The quantitative estimate of drug-likeness (QED) is 0.614. The van der Waals surface area contributed by atoms with E-state index in [9.17, 15) is 4.79 Å². The number of allylic oxidation sites excluding steroid dienone is 6. The number of ketones is 1. The molecule has 0 N–H and O–H groups in total. The molecule has 0 spiro atoms. The zero-order valence-corrected chi connectivity index (χ0v) is 7.73. The summed E-state index contributed by atoms with van der Waals surface area (Å²) in [5.74, 6) is 0.675. The monoisotopic (exact) mass is 178 g/mol. The summed E-state index contributed by atoms with van der Waals surface area (Å²) in [5, 5.41) is 0. The van der Waals surface area contributed by atoms with Crippen LogP contribution in [0.4, 0.5) is 0 Å². The standard InChI is InChI=1S/C10H10OS/c1-7(11)10-6-8-4-2-3-5-9(8)12-10/h2-3,5-6,8H,4H2,1H3. The lowest BCUT2D eigenvalue weighted by Gasteiger charge is -2.09. The molecule has 0 aromatic carbocycles. The molecule has 0 aromatic rings. The van der Waals surface area contributed by atoms with Gasteiger partial charge in [0.25, 0.3) is 0 Å². The summed E-state index contributed by atoms with van der Waals surface area (Å²) in [6.45, 7) is 1.63. The molecule has 62 valence electrons. The van der Waals surface area contributed by atoms with Crippen LogP contribution in [-0.4, -0.2) is 5.78 Å². The van der Waals surface area contributed by atoms with Crippen LogP contribution in [0, 0.1) is 5.92 Å².